The molecule has 0 bridgehead atoms. The van der Waals surface area contributed by atoms with E-state index in [1.165, 1.54) is 6.92 Å². The van der Waals surface area contributed by atoms with E-state index < -0.39 is 11.7 Å². The average Bonchev–Trinajstić information content (AvgIpc) is 2.21. The van der Waals surface area contributed by atoms with Crippen molar-refractivity contribution in [2.45, 2.75) is 33.1 Å². The van der Waals surface area contributed by atoms with Crippen LogP contribution >= 0.6 is 0 Å². The van der Waals surface area contributed by atoms with Crippen LogP contribution in [0.2, 0.25) is 0 Å². The summed E-state index contributed by atoms with van der Waals surface area (Å²) in [4.78, 5) is 3.30. The van der Waals surface area contributed by atoms with Crippen molar-refractivity contribution in [2.75, 3.05) is 0 Å². The van der Waals surface area contributed by atoms with Crippen molar-refractivity contribution in [3.8, 4) is 0 Å². The van der Waals surface area contributed by atoms with Gasteiger partial charge < -0.3 is 0 Å². The summed E-state index contributed by atoms with van der Waals surface area (Å²) in [7, 11) is 0. The first kappa shape index (κ1) is 12.9. The number of rotatable bonds is 2. The normalized spacial score (nSPS) is 10.4. The second-order valence-corrected chi connectivity index (χ2v) is 2.42. The Labute approximate surface area is 82.0 Å². The minimum Gasteiger partial charge on any atom is -0.252 e. The van der Waals surface area contributed by atoms with E-state index in [-0.39, 0.29) is 12.1 Å². The summed E-state index contributed by atoms with van der Waals surface area (Å²) in [5.74, 6) is -3.56. The van der Waals surface area contributed by atoms with Crippen molar-refractivity contribution >= 4 is 0 Å². The Morgan fingerprint density at radius 3 is 2.21 bits per heavy atom. The second-order valence-electron chi connectivity index (χ2n) is 2.42. The van der Waals surface area contributed by atoms with Gasteiger partial charge in [0.1, 0.15) is 11.5 Å². The van der Waals surface area contributed by atoms with Gasteiger partial charge in [-0.05, 0) is 12.1 Å². The number of hydrogen-bond donors (Lipinski definition) is 0. The van der Waals surface area contributed by atoms with E-state index >= 15 is 0 Å². The number of pyridine rings is 1. The Balaban J connectivity index is 0.000000791. The average molecular weight is 205 g/mol. The van der Waals surface area contributed by atoms with Gasteiger partial charge in [-0.2, -0.15) is 8.78 Å². The van der Waals surface area contributed by atoms with Crippen LogP contribution in [0.1, 0.15) is 32.9 Å². The van der Waals surface area contributed by atoms with Crippen LogP contribution in [0.3, 0.4) is 0 Å². The van der Waals surface area contributed by atoms with Crippen molar-refractivity contribution in [3.63, 3.8) is 0 Å². The highest BCUT2D eigenvalue weighted by Gasteiger charge is 2.30. The minimum atomic E-state index is -2.95. The van der Waals surface area contributed by atoms with Gasteiger partial charge in [0.15, 0.2) is 0 Å². The number of nitrogens with zero attached hydrogens (tertiary/aromatic N) is 1. The maximum absolute atomic E-state index is 12.8. The molecule has 0 aliphatic carbocycles. The molecule has 1 aromatic heterocycles. The van der Waals surface area contributed by atoms with Crippen LogP contribution in [0.15, 0.2) is 18.3 Å². The fraction of sp³-hybridized carbons (Fsp3) is 0.500. The van der Waals surface area contributed by atoms with Crippen molar-refractivity contribution in [2.24, 2.45) is 0 Å². The lowest BCUT2D eigenvalue weighted by Crippen LogP contribution is -2.13. The van der Waals surface area contributed by atoms with E-state index in [1.807, 2.05) is 13.8 Å². The summed E-state index contributed by atoms with van der Waals surface area (Å²) in [6.07, 6.45) is 0.463. The molecular weight excluding hydrogens is 191 g/mol. The molecule has 0 N–H and O–H groups in total. The predicted octanol–water partition coefficient (Wildman–Crippen LogP) is 3.75. The van der Waals surface area contributed by atoms with Crippen molar-refractivity contribution in [1.82, 2.24) is 4.98 Å². The van der Waals surface area contributed by atoms with Gasteiger partial charge in [-0.25, -0.2) is 4.39 Å². The molecule has 0 saturated carbocycles. The van der Waals surface area contributed by atoms with Gasteiger partial charge >= 0.3 is 0 Å². The van der Waals surface area contributed by atoms with E-state index in [0.29, 0.717) is 0 Å². The number of alkyl halides is 2. The summed E-state index contributed by atoms with van der Waals surface area (Å²) in [5.41, 5.74) is -0.383. The lowest BCUT2D eigenvalue weighted by molar-refractivity contribution is -0.0128. The minimum absolute atomic E-state index is 0.328. The van der Waals surface area contributed by atoms with Crippen molar-refractivity contribution in [1.29, 1.82) is 0 Å². The summed E-state index contributed by atoms with van der Waals surface area (Å²) in [6.45, 7) is 5.35. The summed E-state index contributed by atoms with van der Waals surface area (Å²) >= 11 is 0. The molecule has 1 aromatic rings. The van der Waals surface area contributed by atoms with E-state index in [0.717, 1.165) is 18.3 Å². The quantitative estimate of drug-likeness (QED) is 0.716. The Bertz CT molecular complexity index is 257. The third-order valence-electron chi connectivity index (χ3n) is 1.55. The Morgan fingerprint density at radius 2 is 1.86 bits per heavy atom. The van der Waals surface area contributed by atoms with Crippen LogP contribution in [-0.2, 0) is 5.92 Å². The standard InChI is InChI=1S/C8H8F3N.C2H6/c1-2-8(10,11)7-4-3-6(9)5-12-7;1-2/h3-5H,2H2,1H3;1-2H3. The first-order valence-electron chi connectivity index (χ1n) is 4.56. The largest absolute Gasteiger partial charge is 0.289 e. The molecule has 0 atom stereocenters. The highest BCUT2D eigenvalue weighted by Crippen LogP contribution is 2.29. The van der Waals surface area contributed by atoms with Crippen LogP contribution in [0, 0.1) is 5.82 Å². The number of halogens is 3. The van der Waals surface area contributed by atoms with Gasteiger partial charge in [0.2, 0.25) is 0 Å². The van der Waals surface area contributed by atoms with E-state index in [1.54, 1.807) is 0 Å². The Kier molecular flexibility index (Phi) is 5.20. The maximum Gasteiger partial charge on any atom is 0.289 e. The molecule has 4 heteroatoms. The lowest BCUT2D eigenvalue weighted by atomic mass is 10.2. The van der Waals surface area contributed by atoms with E-state index in [9.17, 15) is 13.2 Å². The molecule has 0 aliphatic rings. The SMILES string of the molecule is CC.CCC(F)(F)c1ccc(F)cn1. The van der Waals surface area contributed by atoms with Gasteiger partial charge in [0.05, 0.1) is 6.20 Å². The van der Waals surface area contributed by atoms with Crippen LogP contribution in [0.25, 0.3) is 0 Å². The molecule has 1 rings (SSSR count). The first-order valence-corrected chi connectivity index (χ1v) is 4.56. The van der Waals surface area contributed by atoms with Crippen LogP contribution in [-0.4, -0.2) is 4.98 Å². The third-order valence-corrected chi connectivity index (χ3v) is 1.55. The zero-order valence-electron chi connectivity index (χ0n) is 8.52. The van der Waals surface area contributed by atoms with E-state index in [4.69, 9.17) is 0 Å². The molecule has 1 heterocycles. The first-order chi connectivity index (χ1) is 6.56. The maximum atomic E-state index is 12.8. The Morgan fingerprint density at radius 1 is 1.29 bits per heavy atom. The van der Waals surface area contributed by atoms with Gasteiger partial charge in [-0.3, -0.25) is 4.98 Å². The highest BCUT2D eigenvalue weighted by molar-refractivity contribution is 5.10. The fourth-order valence-electron chi connectivity index (χ4n) is 0.773. The van der Waals surface area contributed by atoms with Crippen molar-refractivity contribution < 1.29 is 13.2 Å². The molecule has 0 unspecified atom stereocenters. The molecule has 0 fully saturated rings. The molecule has 0 spiro atoms. The zero-order chi connectivity index (χ0) is 11.2. The number of aromatic nitrogens is 1. The highest BCUT2D eigenvalue weighted by atomic mass is 19.3. The molecule has 0 aromatic carbocycles. The molecule has 80 valence electrons. The molecule has 0 saturated heterocycles. The fourth-order valence-corrected chi connectivity index (χ4v) is 0.773. The van der Waals surface area contributed by atoms with E-state index in [2.05, 4.69) is 4.98 Å². The zero-order valence-corrected chi connectivity index (χ0v) is 8.52. The van der Waals surface area contributed by atoms with Crippen LogP contribution in [0.5, 0.6) is 0 Å². The summed E-state index contributed by atoms with van der Waals surface area (Å²) in [6, 6.07) is 1.98. The van der Waals surface area contributed by atoms with Gasteiger partial charge in [-0.15, -0.1) is 0 Å². The molecule has 0 radical (unpaired) electrons. The molecule has 0 aliphatic heterocycles. The molecule has 1 nitrogen and oxygen atoms in total. The van der Waals surface area contributed by atoms with Gasteiger partial charge in [0.25, 0.3) is 5.92 Å². The van der Waals surface area contributed by atoms with Crippen molar-refractivity contribution in [3.05, 3.63) is 29.8 Å². The van der Waals surface area contributed by atoms with Crippen LogP contribution in [0.4, 0.5) is 13.2 Å². The summed E-state index contributed by atoms with van der Waals surface area (Å²) < 4.78 is 37.9. The third kappa shape index (κ3) is 3.36. The number of hydrogen-bond acceptors (Lipinski definition) is 1. The predicted molar refractivity (Wildman–Crippen MR) is 49.7 cm³/mol. The Hall–Kier alpha value is -1.06. The topological polar surface area (TPSA) is 12.9 Å². The monoisotopic (exact) mass is 205 g/mol. The second kappa shape index (κ2) is 5.62. The van der Waals surface area contributed by atoms with Gasteiger partial charge in [-0.1, -0.05) is 20.8 Å². The molecule has 14 heavy (non-hydrogen) atoms. The van der Waals surface area contributed by atoms with Crippen LogP contribution < -0.4 is 0 Å². The molecular formula is C10H14F3N. The summed E-state index contributed by atoms with van der Waals surface area (Å²) in [5, 5.41) is 0. The van der Waals surface area contributed by atoms with Gasteiger partial charge in [0, 0.05) is 6.42 Å². The lowest BCUT2D eigenvalue weighted by Gasteiger charge is -2.12. The molecule has 0 amide bonds. The smallest absolute Gasteiger partial charge is 0.252 e.